The molecule has 0 aliphatic carbocycles. The normalized spacial score (nSPS) is 18.0. The van der Waals surface area contributed by atoms with Crippen LogP contribution in [0, 0.1) is 6.92 Å². The summed E-state index contributed by atoms with van der Waals surface area (Å²) in [6, 6.07) is 6.68. The molecule has 15 heavy (non-hydrogen) atoms. The molecule has 1 aliphatic rings. The zero-order valence-corrected chi connectivity index (χ0v) is 11.4. The molecular weight excluding hydrogens is 270 g/mol. The Labute approximate surface area is 104 Å². The Bertz CT molecular complexity index is 334. The van der Waals surface area contributed by atoms with Gasteiger partial charge in [-0.1, -0.05) is 28.1 Å². The monoisotopic (exact) mass is 285 g/mol. The lowest BCUT2D eigenvalue weighted by Gasteiger charge is -2.26. The molecule has 1 aromatic carbocycles. The summed E-state index contributed by atoms with van der Waals surface area (Å²) in [7, 11) is 0. The van der Waals surface area contributed by atoms with Gasteiger partial charge in [0.05, 0.1) is 0 Å². The van der Waals surface area contributed by atoms with Crippen LogP contribution in [-0.2, 0) is 6.54 Å². The molecule has 3 heteroatoms. The van der Waals surface area contributed by atoms with E-state index in [1.807, 2.05) is 0 Å². The fourth-order valence-electron chi connectivity index (χ4n) is 1.75. The highest BCUT2D eigenvalue weighted by Crippen LogP contribution is 2.19. The van der Waals surface area contributed by atoms with Crippen LogP contribution in [0.5, 0.6) is 0 Å². The van der Waals surface area contributed by atoms with E-state index in [9.17, 15) is 0 Å². The van der Waals surface area contributed by atoms with Crippen LogP contribution in [0.3, 0.4) is 0 Å². The number of rotatable bonds is 2. The summed E-state index contributed by atoms with van der Waals surface area (Å²) >= 11 is 5.65. The molecule has 0 saturated carbocycles. The van der Waals surface area contributed by atoms with Crippen LogP contribution in [0.1, 0.15) is 11.1 Å². The first-order valence-electron chi connectivity index (χ1n) is 5.31. The number of aryl methyl sites for hydroxylation is 1. The molecule has 1 saturated heterocycles. The van der Waals surface area contributed by atoms with Gasteiger partial charge in [-0.3, -0.25) is 4.90 Å². The van der Waals surface area contributed by atoms with E-state index in [1.165, 1.54) is 40.2 Å². The van der Waals surface area contributed by atoms with Crippen molar-refractivity contribution in [3.8, 4) is 0 Å². The zero-order chi connectivity index (χ0) is 10.7. The maximum atomic E-state index is 3.59. The maximum absolute atomic E-state index is 3.59. The highest BCUT2D eigenvalue weighted by atomic mass is 79.9. The molecule has 0 aromatic heterocycles. The molecule has 1 nitrogen and oxygen atoms in total. The minimum Gasteiger partial charge on any atom is -0.297 e. The van der Waals surface area contributed by atoms with Crippen molar-refractivity contribution in [3.63, 3.8) is 0 Å². The Morgan fingerprint density at radius 1 is 1.33 bits per heavy atom. The van der Waals surface area contributed by atoms with E-state index in [0.717, 1.165) is 6.54 Å². The average molecular weight is 286 g/mol. The smallest absolute Gasteiger partial charge is 0.0234 e. The molecule has 1 aromatic rings. The van der Waals surface area contributed by atoms with Gasteiger partial charge >= 0.3 is 0 Å². The molecule has 2 rings (SSSR count). The summed E-state index contributed by atoms with van der Waals surface area (Å²) in [5.41, 5.74) is 2.73. The molecule has 0 spiro atoms. The molecule has 0 N–H and O–H groups in total. The first kappa shape index (κ1) is 11.5. The predicted octanol–water partition coefficient (Wildman–Crippen LogP) is 3.31. The van der Waals surface area contributed by atoms with Crippen molar-refractivity contribution in [2.24, 2.45) is 0 Å². The quantitative estimate of drug-likeness (QED) is 0.820. The van der Waals surface area contributed by atoms with Gasteiger partial charge < -0.3 is 0 Å². The van der Waals surface area contributed by atoms with E-state index < -0.39 is 0 Å². The molecule has 82 valence electrons. The fraction of sp³-hybridized carbons (Fsp3) is 0.500. The van der Waals surface area contributed by atoms with Gasteiger partial charge in [0.2, 0.25) is 0 Å². The number of nitrogens with zero attached hydrogens (tertiary/aromatic N) is 1. The Morgan fingerprint density at radius 3 is 2.73 bits per heavy atom. The van der Waals surface area contributed by atoms with Crippen LogP contribution in [0.4, 0.5) is 0 Å². The molecule has 0 radical (unpaired) electrons. The number of hydrogen-bond donors (Lipinski definition) is 0. The van der Waals surface area contributed by atoms with Crippen LogP contribution in [0.2, 0.25) is 0 Å². The summed E-state index contributed by atoms with van der Waals surface area (Å²) in [5.74, 6) is 2.57. The number of benzene rings is 1. The molecule has 0 unspecified atom stereocenters. The van der Waals surface area contributed by atoms with E-state index in [4.69, 9.17) is 0 Å². The third-order valence-corrected chi connectivity index (χ3v) is 4.54. The van der Waals surface area contributed by atoms with E-state index in [-0.39, 0.29) is 0 Å². The lowest BCUT2D eigenvalue weighted by atomic mass is 10.1. The van der Waals surface area contributed by atoms with E-state index in [1.54, 1.807) is 0 Å². The second kappa shape index (κ2) is 5.37. The largest absolute Gasteiger partial charge is 0.297 e. The van der Waals surface area contributed by atoms with Gasteiger partial charge in [0.15, 0.2) is 0 Å². The first-order valence-corrected chi connectivity index (χ1v) is 7.25. The average Bonchev–Trinajstić information content (AvgIpc) is 2.25. The van der Waals surface area contributed by atoms with Crippen LogP contribution >= 0.6 is 27.7 Å². The lowest BCUT2D eigenvalue weighted by Crippen LogP contribution is -2.31. The highest BCUT2D eigenvalue weighted by molar-refractivity contribution is 9.10. The standard InChI is InChI=1S/C12H16BrNS/c1-10-2-3-11(8-12(10)13)9-14-4-6-15-7-5-14/h2-3,8H,4-7,9H2,1H3. The Hall–Kier alpha value is 0.01000. The lowest BCUT2D eigenvalue weighted by molar-refractivity contribution is 0.294. The Kier molecular flexibility index (Phi) is 4.12. The summed E-state index contributed by atoms with van der Waals surface area (Å²) in [6.07, 6.45) is 0. The van der Waals surface area contributed by atoms with Gasteiger partial charge in [-0.05, 0) is 24.1 Å². The van der Waals surface area contributed by atoms with Crippen molar-refractivity contribution in [2.45, 2.75) is 13.5 Å². The third-order valence-electron chi connectivity index (χ3n) is 2.75. The summed E-state index contributed by atoms with van der Waals surface area (Å²) in [6.45, 7) is 5.69. The van der Waals surface area contributed by atoms with Gasteiger partial charge in [-0.25, -0.2) is 0 Å². The molecule has 0 bridgehead atoms. The summed E-state index contributed by atoms with van der Waals surface area (Å²) in [4.78, 5) is 2.54. The van der Waals surface area contributed by atoms with E-state index >= 15 is 0 Å². The topological polar surface area (TPSA) is 3.24 Å². The second-order valence-corrected chi connectivity index (χ2v) is 6.05. The second-order valence-electron chi connectivity index (χ2n) is 3.97. The Morgan fingerprint density at radius 2 is 2.07 bits per heavy atom. The molecule has 1 aliphatic heterocycles. The van der Waals surface area contributed by atoms with Crippen molar-refractivity contribution in [1.29, 1.82) is 0 Å². The van der Waals surface area contributed by atoms with Crippen LogP contribution in [0.15, 0.2) is 22.7 Å². The molecule has 1 fully saturated rings. The summed E-state index contributed by atoms with van der Waals surface area (Å²) < 4.78 is 1.23. The highest BCUT2D eigenvalue weighted by Gasteiger charge is 2.10. The predicted molar refractivity (Wildman–Crippen MR) is 71.5 cm³/mol. The van der Waals surface area contributed by atoms with Crippen molar-refractivity contribution in [1.82, 2.24) is 4.90 Å². The van der Waals surface area contributed by atoms with Crippen molar-refractivity contribution in [2.75, 3.05) is 24.6 Å². The van der Waals surface area contributed by atoms with Crippen LogP contribution in [0.25, 0.3) is 0 Å². The summed E-state index contributed by atoms with van der Waals surface area (Å²) in [5, 5.41) is 0. The molecular formula is C12H16BrNS. The molecule has 1 heterocycles. The Balaban J connectivity index is 2.00. The minimum atomic E-state index is 1.10. The fourth-order valence-corrected chi connectivity index (χ4v) is 3.16. The molecule has 0 amide bonds. The minimum absolute atomic E-state index is 1.10. The van der Waals surface area contributed by atoms with Gasteiger partial charge in [0, 0.05) is 35.6 Å². The zero-order valence-electron chi connectivity index (χ0n) is 9.00. The number of halogens is 1. The van der Waals surface area contributed by atoms with Crippen molar-refractivity contribution < 1.29 is 0 Å². The number of hydrogen-bond acceptors (Lipinski definition) is 2. The SMILES string of the molecule is Cc1ccc(CN2CCSCC2)cc1Br. The third kappa shape index (κ3) is 3.23. The molecule has 0 atom stereocenters. The van der Waals surface area contributed by atoms with Gasteiger partial charge in [-0.2, -0.15) is 11.8 Å². The van der Waals surface area contributed by atoms with Gasteiger partial charge in [0.1, 0.15) is 0 Å². The van der Waals surface area contributed by atoms with E-state index in [2.05, 4.69) is 57.7 Å². The maximum Gasteiger partial charge on any atom is 0.0234 e. The van der Waals surface area contributed by atoms with Crippen molar-refractivity contribution >= 4 is 27.7 Å². The number of thioether (sulfide) groups is 1. The van der Waals surface area contributed by atoms with Crippen LogP contribution in [-0.4, -0.2) is 29.5 Å². The van der Waals surface area contributed by atoms with Crippen LogP contribution < -0.4 is 0 Å². The van der Waals surface area contributed by atoms with Crippen molar-refractivity contribution in [3.05, 3.63) is 33.8 Å². The van der Waals surface area contributed by atoms with Gasteiger partial charge in [0.25, 0.3) is 0 Å². The van der Waals surface area contributed by atoms with E-state index in [0.29, 0.717) is 0 Å². The van der Waals surface area contributed by atoms with Gasteiger partial charge in [-0.15, -0.1) is 0 Å². The first-order chi connectivity index (χ1) is 7.25.